The molecule has 142 valence electrons. The van der Waals surface area contributed by atoms with Crippen molar-refractivity contribution in [2.45, 2.75) is 26.1 Å². The second-order valence-electron chi connectivity index (χ2n) is 6.37. The summed E-state index contributed by atoms with van der Waals surface area (Å²) in [7, 11) is 0. The smallest absolute Gasteiger partial charge is 0.408 e. The summed E-state index contributed by atoms with van der Waals surface area (Å²) in [5.41, 5.74) is 2.27. The lowest BCUT2D eigenvalue weighted by atomic mass is 10.1. The van der Waals surface area contributed by atoms with Crippen molar-refractivity contribution in [2.24, 2.45) is 0 Å². The number of rotatable bonds is 7. The first-order valence-electron chi connectivity index (χ1n) is 8.96. The summed E-state index contributed by atoms with van der Waals surface area (Å²) < 4.78 is 8.36. The third kappa shape index (κ3) is 3.85. The number of oxazole rings is 1. The van der Waals surface area contributed by atoms with Gasteiger partial charge in [0.15, 0.2) is 11.4 Å². The molecule has 0 atom stereocenters. The van der Waals surface area contributed by atoms with Crippen LogP contribution < -0.4 is 11.1 Å². The number of para-hydroxylation sites is 2. The van der Waals surface area contributed by atoms with E-state index in [2.05, 4.69) is 27.6 Å². The standard InChI is InChI=1S/C20H19N5O3/c26-19(13-25-16-8-4-5-9-17(16)28-20(25)27)21-12-18-23-22-14-24(18)11-10-15-6-2-1-3-7-15/h1-9,14H,10-13H2,(H,21,26). The van der Waals surface area contributed by atoms with Gasteiger partial charge in [0.25, 0.3) is 0 Å². The highest BCUT2D eigenvalue weighted by Gasteiger charge is 2.13. The highest BCUT2D eigenvalue weighted by Crippen LogP contribution is 2.11. The zero-order chi connectivity index (χ0) is 19.3. The first-order chi connectivity index (χ1) is 13.7. The van der Waals surface area contributed by atoms with E-state index in [4.69, 9.17) is 4.42 Å². The maximum atomic E-state index is 12.3. The predicted molar refractivity (Wildman–Crippen MR) is 102 cm³/mol. The van der Waals surface area contributed by atoms with Crippen LogP contribution >= 0.6 is 0 Å². The van der Waals surface area contributed by atoms with Gasteiger partial charge in [-0.1, -0.05) is 42.5 Å². The fourth-order valence-corrected chi connectivity index (χ4v) is 3.04. The lowest BCUT2D eigenvalue weighted by Gasteiger charge is -2.08. The summed E-state index contributed by atoms with van der Waals surface area (Å²) in [6, 6.07) is 17.1. The van der Waals surface area contributed by atoms with Crippen molar-refractivity contribution in [3.05, 3.63) is 82.9 Å². The summed E-state index contributed by atoms with van der Waals surface area (Å²) in [5.74, 6) is -0.192. The number of nitrogens with zero attached hydrogens (tertiary/aromatic N) is 4. The molecule has 1 amide bonds. The van der Waals surface area contributed by atoms with E-state index < -0.39 is 5.76 Å². The molecule has 0 saturated heterocycles. The largest absolute Gasteiger partial charge is 0.420 e. The van der Waals surface area contributed by atoms with Crippen LogP contribution in [0, 0.1) is 0 Å². The number of carbonyl (C=O) groups is 1. The molecular weight excluding hydrogens is 358 g/mol. The first kappa shape index (κ1) is 17.7. The first-order valence-corrected chi connectivity index (χ1v) is 8.96. The lowest BCUT2D eigenvalue weighted by molar-refractivity contribution is -0.121. The molecule has 0 fully saturated rings. The van der Waals surface area contributed by atoms with Gasteiger partial charge in [-0.05, 0) is 24.1 Å². The molecule has 2 aromatic carbocycles. The fourth-order valence-electron chi connectivity index (χ4n) is 3.04. The minimum absolute atomic E-state index is 0.117. The third-order valence-corrected chi connectivity index (χ3v) is 4.50. The lowest BCUT2D eigenvalue weighted by Crippen LogP contribution is -2.31. The van der Waals surface area contributed by atoms with Crippen LogP contribution in [0.15, 0.2) is 70.1 Å². The highest BCUT2D eigenvalue weighted by atomic mass is 16.4. The molecular formula is C20H19N5O3. The van der Waals surface area contributed by atoms with Crippen LogP contribution in [-0.4, -0.2) is 25.2 Å². The van der Waals surface area contributed by atoms with Gasteiger partial charge in [-0.2, -0.15) is 0 Å². The van der Waals surface area contributed by atoms with E-state index in [0.717, 1.165) is 6.42 Å². The molecule has 8 nitrogen and oxygen atoms in total. The van der Waals surface area contributed by atoms with E-state index >= 15 is 0 Å². The molecule has 1 N–H and O–H groups in total. The zero-order valence-electron chi connectivity index (χ0n) is 15.1. The van der Waals surface area contributed by atoms with Crippen molar-refractivity contribution in [1.82, 2.24) is 24.6 Å². The maximum absolute atomic E-state index is 12.3. The normalized spacial score (nSPS) is 11.0. The van der Waals surface area contributed by atoms with E-state index in [1.54, 1.807) is 30.6 Å². The second kappa shape index (κ2) is 7.91. The average molecular weight is 377 g/mol. The number of nitrogens with one attached hydrogen (secondary N) is 1. The molecule has 4 rings (SSSR count). The molecule has 0 aliphatic rings. The van der Waals surface area contributed by atoms with Crippen molar-refractivity contribution in [3.63, 3.8) is 0 Å². The van der Waals surface area contributed by atoms with E-state index in [0.29, 0.717) is 23.5 Å². The molecule has 0 bridgehead atoms. The number of benzene rings is 2. The topological polar surface area (TPSA) is 94.9 Å². The van der Waals surface area contributed by atoms with Crippen LogP contribution in [-0.2, 0) is 30.8 Å². The molecule has 0 radical (unpaired) electrons. The van der Waals surface area contributed by atoms with Crippen molar-refractivity contribution in [3.8, 4) is 0 Å². The summed E-state index contributed by atoms with van der Waals surface area (Å²) >= 11 is 0. The van der Waals surface area contributed by atoms with E-state index in [1.807, 2.05) is 22.8 Å². The Morgan fingerprint density at radius 2 is 1.86 bits per heavy atom. The Balaban J connectivity index is 1.37. The molecule has 0 spiro atoms. The van der Waals surface area contributed by atoms with Gasteiger partial charge in [0.05, 0.1) is 12.1 Å². The van der Waals surface area contributed by atoms with Gasteiger partial charge in [-0.3, -0.25) is 9.36 Å². The second-order valence-corrected chi connectivity index (χ2v) is 6.37. The molecule has 2 aromatic heterocycles. The highest BCUT2D eigenvalue weighted by molar-refractivity contribution is 5.79. The number of carbonyl (C=O) groups excluding carboxylic acids is 1. The number of amides is 1. The number of hydrogen-bond donors (Lipinski definition) is 1. The summed E-state index contributed by atoms with van der Waals surface area (Å²) in [6.07, 6.45) is 2.49. The van der Waals surface area contributed by atoms with Crippen molar-refractivity contribution in [2.75, 3.05) is 0 Å². The van der Waals surface area contributed by atoms with Gasteiger partial charge < -0.3 is 14.3 Å². The number of aromatic nitrogens is 4. The number of fused-ring (bicyclic) bond motifs is 1. The van der Waals surface area contributed by atoms with Crippen LogP contribution in [0.3, 0.4) is 0 Å². The average Bonchev–Trinajstić information content (AvgIpc) is 3.29. The van der Waals surface area contributed by atoms with Crippen LogP contribution in [0.4, 0.5) is 0 Å². The van der Waals surface area contributed by atoms with Gasteiger partial charge in [0.1, 0.15) is 12.9 Å². The van der Waals surface area contributed by atoms with E-state index in [9.17, 15) is 9.59 Å². The number of aryl methyl sites for hydroxylation is 2. The van der Waals surface area contributed by atoms with E-state index in [-0.39, 0.29) is 19.0 Å². The van der Waals surface area contributed by atoms with Gasteiger partial charge in [0.2, 0.25) is 5.91 Å². The molecule has 0 aliphatic carbocycles. The Bertz CT molecular complexity index is 1140. The Hall–Kier alpha value is -3.68. The SMILES string of the molecule is O=C(Cn1c(=O)oc2ccccc21)NCc1nncn1CCc1ccccc1. The minimum atomic E-state index is -0.553. The molecule has 2 heterocycles. The van der Waals surface area contributed by atoms with Gasteiger partial charge in [-0.15, -0.1) is 10.2 Å². The quantitative estimate of drug-likeness (QED) is 0.529. The van der Waals surface area contributed by atoms with E-state index in [1.165, 1.54) is 10.1 Å². The monoisotopic (exact) mass is 377 g/mol. The third-order valence-electron chi connectivity index (χ3n) is 4.50. The van der Waals surface area contributed by atoms with Crippen molar-refractivity contribution < 1.29 is 9.21 Å². The Labute approximate surface area is 160 Å². The van der Waals surface area contributed by atoms with Crippen LogP contribution in [0.5, 0.6) is 0 Å². The minimum Gasteiger partial charge on any atom is -0.408 e. The van der Waals surface area contributed by atoms with Crippen molar-refractivity contribution >= 4 is 17.0 Å². The zero-order valence-corrected chi connectivity index (χ0v) is 15.1. The van der Waals surface area contributed by atoms with Gasteiger partial charge in [0, 0.05) is 6.54 Å². The van der Waals surface area contributed by atoms with Crippen LogP contribution in [0.25, 0.3) is 11.1 Å². The molecule has 0 aliphatic heterocycles. The Morgan fingerprint density at radius 3 is 2.71 bits per heavy atom. The molecule has 4 aromatic rings. The molecule has 0 unspecified atom stereocenters. The van der Waals surface area contributed by atoms with Crippen LogP contribution in [0.1, 0.15) is 11.4 Å². The fraction of sp³-hybridized carbons (Fsp3) is 0.200. The summed E-state index contributed by atoms with van der Waals surface area (Å²) in [5, 5.41) is 10.8. The number of hydrogen-bond acceptors (Lipinski definition) is 5. The molecule has 28 heavy (non-hydrogen) atoms. The Kier molecular flexibility index (Phi) is 5.01. The predicted octanol–water partition coefficient (Wildman–Crippen LogP) is 1.75. The van der Waals surface area contributed by atoms with Crippen molar-refractivity contribution in [1.29, 1.82) is 0 Å². The Morgan fingerprint density at radius 1 is 1.07 bits per heavy atom. The summed E-state index contributed by atoms with van der Waals surface area (Å²) in [6.45, 7) is 0.834. The molecule has 0 saturated carbocycles. The van der Waals surface area contributed by atoms with Gasteiger partial charge in [-0.25, -0.2) is 4.79 Å². The van der Waals surface area contributed by atoms with Crippen LogP contribution in [0.2, 0.25) is 0 Å². The molecule has 8 heteroatoms. The maximum Gasteiger partial charge on any atom is 0.420 e. The summed E-state index contributed by atoms with van der Waals surface area (Å²) in [4.78, 5) is 24.3. The van der Waals surface area contributed by atoms with Gasteiger partial charge >= 0.3 is 5.76 Å².